The summed E-state index contributed by atoms with van der Waals surface area (Å²) in [4.78, 5) is 12.3. The molecule has 3 unspecified atom stereocenters. The third-order valence-electron chi connectivity index (χ3n) is 4.61. The van der Waals surface area contributed by atoms with Crippen LogP contribution in [-0.2, 0) is 20.9 Å². The molecule has 0 aliphatic carbocycles. The van der Waals surface area contributed by atoms with Crippen molar-refractivity contribution in [1.29, 1.82) is 0 Å². The van der Waals surface area contributed by atoms with Crippen LogP contribution in [0.15, 0.2) is 24.3 Å². The van der Waals surface area contributed by atoms with Crippen LogP contribution in [0.2, 0.25) is 0 Å². The molecule has 140 valence electrons. The molecule has 0 saturated carbocycles. The molecule has 1 aromatic rings. The molecule has 1 amide bonds. The van der Waals surface area contributed by atoms with Crippen molar-refractivity contribution in [3.8, 4) is 5.75 Å². The molecular weight excluding hydrogens is 318 g/mol. The fraction of sp³-hybridized carbons (Fsp3) is 0.650. The maximum atomic E-state index is 12.3. The van der Waals surface area contributed by atoms with E-state index in [1.807, 2.05) is 24.3 Å². The number of methoxy groups -OCH3 is 1. The number of amides is 1. The Hall–Kier alpha value is -1.59. The molecule has 1 N–H and O–H groups in total. The molecule has 0 aromatic heterocycles. The second kappa shape index (κ2) is 8.68. The third-order valence-corrected chi connectivity index (χ3v) is 4.61. The third kappa shape index (κ3) is 5.72. The highest BCUT2D eigenvalue weighted by Gasteiger charge is 2.37. The zero-order valence-corrected chi connectivity index (χ0v) is 16.0. The van der Waals surface area contributed by atoms with Gasteiger partial charge in [0.2, 0.25) is 5.91 Å². The summed E-state index contributed by atoms with van der Waals surface area (Å²) in [6.45, 7) is 10.1. The van der Waals surface area contributed by atoms with Crippen molar-refractivity contribution in [3.05, 3.63) is 29.8 Å². The largest absolute Gasteiger partial charge is 0.497 e. The molecule has 1 aliphatic heterocycles. The summed E-state index contributed by atoms with van der Waals surface area (Å²) in [6.07, 6.45) is 0.670. The normalized spacial score (nSPS) is 21.8. The van der Waals surface area contributed by atoms with Gasteiger partial charge in [0.1, 0.15) is 11.9 Å². The van der Waals surface area contributed by atoms with Crippen molar-refractivity contribution in [3.63, 3.8) is 0 Å². The highest BCUT2D eigenvalue weighted by molar-refractivity contribution is 5.80. The number of hydrogen-bond donors (Lipinski definition) is 1. The molecule has 25 heavy (non-hydrogen) atoms. The van der Waals surface area contributed by atoms with Crippen molar-refractivity contribution >= 4 is 5.91 Å². The minimum absolute atomic E-state index is 0.0811. The van der Waals surface area contributed by atoms with Gasteiger partial charge in [-0.05, 0) is 36.5 Å². The van der Waals surface area contributed by atoms with Gasteiger partial charge in [-0.3, -0.25) is 4.79 Å². The Bertz CT molecular complexity index is 567. The van der Waals surface area contributed by atoms with E-state index >= 15 is 0 Å². The van der Waals surface area contributed by atoms with Crippen LogP contribution in [0.4, 0.5) is 0 Å². The van der Waals surface area contributed by atoms with Gasteiger partial charge >= 0.3 is 0 Å². The first-order valence-electron chi connectivity index (χ1n) is 8.95. The molecule has 1 heterocycles. The van der Waals surface area contributed by atoms with Crippen LogP contribution in [0.1, 0.15) is 39.7 Å². The van der Waals surface area contributed by atoms with Gasteiger partial charge in [-0.25, -0.2) is 0 Å². The Morgan fingerprint density at radius 2 is 2.16 bits per heavy atom. The lowest BCUT2D eigenvalue weighted by atomic mass is 9.81. The van der Waals surface area contributed by atoms with Crippen LogP contribution >= 0.6 is 0 Å². The van der Waals surface area contributed by atoms with Gasteiger partial charge in [-0.15, -0.1) is 0 Å². The standard InChI is InChI=1S/C20H31NO4/c1-14(25-13-15-7-6-8-17(11-15)23-5)19(22)21-12-16-9-10-24-18(16)20(2,3)4/h6-8,11,14,16,18H,9-10,12-13H2,1-5H3,(H,21,22). The minimum atomic E-state index is -0.499. The quantitative estimate of drug-likeness (QED) is 0.821. The summed E-state index contributed by atoms with van der Waals surface area (Å²) in [6, 6.07) is 7.66. The van der Waals surface area contributed by atoms with E-state index in [4.69, 9.17) is 14.2 Å². The second-order valence-corrected chi connectivity index (χ2v) is 7.76. The zero-order chi connectivity index (χ0) is 18.4. The lowest BCUT2D eigenvalue weighted by Crippen LogP contribution is -2.42. The fourth-order valence-corrected chi connectivity index (χ4v) is 3.23. The molecule has 1 aliphatic rings. The summed E-state index contributed by atoms with van der Waals surface area (Å²) in [5.74, 6) is 1.06. The maximum absolute atomic E-state index is 12.3. The predicted octanol–water partition coefficient (Wildman–Crippen LogP) is 3.17. The summed E-state index contributed by atoms with van der Waals surface area (Å²) < 4.78 is 16.8. The van der Waals surface area contributed by atoms with Crippen LogP contribution in [-0.4, -0.2) is 38.4 Å². The number of carbonyl (C=O) groups excluding carboxylic acids is 1. The van der Waals surface area contributed by atoms with Crippen molar-refractivity contribution < 1.29 is 19.0 Å². The fourth-order valence-electron chi connectivity index (χ4n) is 3.23. The Balaban J connectivity index is 1.78. The van der Waals surface area contributed by atoms with E-state index in [2.05, 4.69) is 26.1 Å². The first-order valence-corrected chi connectivity index (χ1v) is 8.95. The van der Waals surface area contributed by atoms with Crippen LogP contribution in [0.5, 0.6) is 5.75 Å². The maximum Gasteiger partial charge on any atom is 0.248 e. The van der Waals surface area contributed by atoms with E-state index in [0.29, 0.717) is 19.1 Å². The smallest absolute Gasteiger partial charge is 0.248 e. The van der Waals surface area contributed by atoms with Crippen molar-refractivity contribution in [2.24, 2.45) is 11.3 Å². The summed E-state index contributed by atoms with van der Waals surface area (Å²) in [5.41, 5.74) is 1.07. The molecule has 0 spiro atoms. The molecule has 5 nitrogen and oxygen atoms in total. The Kier molecular flexibility index (Phi) is 6.85. The highest BCUT2D eigenvalue weighted by atomic mass is 16.5. The van der Waals surface area contributed by atoms with Gasteiger partial charge < -0.3 is 19.5 Å². The summed E-state index contributed by atoms with van der Waals surface area (Å²) in [7, 11) is 1.63. The summed E-state index contributed by atoms with van der Waals surface area (Å²) in [5, 5.41) is 3.02. The number of carbonyl (C=O) groups is 1. The first-order chi connectivity index (χ1) is 11.8. The van der Waals surface area contributed by atoms with E-state index < -0.39 is 6.10 Å². The molecule has 2 rings (SSSR count). The number of ether oxygens (including phenoxy) is 3. The lowest BCUT2D eigenvalue weighted by Gasteiger charge is -2.31. The monoisotopic (exact) mass is 349 g/mol. The number of nitrogens with one attached hydrogen (secondary N) is 1. The van der Waals surface area contributed by atoms with Crippen LogP contribution in [0.3, 0.4) is 0 Å². The van der Waals surface area contributed by atoms with Crippen LogP contribution in [0, 0.1) is 11.3 Å². The average Bonchev–Trinajstić information content (AvgIpc) is 3.06. The van der Waals surface area contributed by atoms with E-state index in [0.717, 1.165) is 24.3 Å². The van der Waals surface area contributed by atoms with Gasteiger partial charge in [-0.1, -0.05) is 32.9 Å². The highest BCUT2D eigenvalue weighted by Crippen LogP contribution is 2.34. The van der Waals surface area contributed by atoms with Crippen molar-refractivity contribution in [2.75, 3.05) is 20.3 Å². The van der Waals surface area contributed by atoms with E-state index in [-0.39, 0.29) is 17.4 Å². The molecule has 1 fully saturated rings. The average molecular weight is 349 g/mol. The second-order valence-electron chi connectivity index (χ2n) is 7.76. The van der Waals surface area contributed by atoms with Gasteiger partial charge in [0.25, 0.3) is 0 Å². The Labute approximate surface area is 151 Å². The van der Waals surface area contributed by atoms with Gasteiger partial charge in [0.05, 0.1) is 19.8 Å². The number of rotatable bonds is 7. The van der Waals surface area contributed by atoms with Gasteiger partial charge in [0, 0.05) is 19.1 Å². The molecule has 1 saturated heterocycles. The Morgan fingerprint density at radius 3 is 2.84 bits per heavy atom. The van der Waals surface area contributed by atoms with E-state index in [1.54, 1.807) is 14.0 Å². The lowest BCUT2D eigenvalue weighted by molar-refractivity contribution is -0.132. The van der Waals surface area contributed by atoms with Gasteiger partial charge in [-0.2, -0.15) is 0 Å². The Morgan fingerprint density at radius 1 is 1.40 bits per heavy atom. The van der Waals surface area contributed by atoms with Crippen LogP contribution < -0.4 is 10.1 Å². The summed E-state index contributed by atoms with van der Waals surface area (Å²) >= 11 is 0. The molecular formula is C20H31NO4. The van der Waals surface area contributed by atoms with Crippen molar-refractivity contribution in [1.82, 2.24) is 5.32 Å². The van der Waals surface area contributed by atoms with Crippen LogP contribution in [0.25, 0.3) is 0 Å². The molecule has 0 radical (unpaired) electrons. The number of hydrogen-bond acceptors (Lipinski definition) is 4. The van der Waals surface area contributed by atoms with Gasteiger partial charge in [0.15, 0.2) is 0 Å². The SMILES string of the molecule is COc1cccc(COC(C)C(=O)NCC2CCOC2C(C)(C)C)c1. The van der Waals surface area contributed by atoms with E-state index in [1.165, 1.54) is 0 Å². The zero-order valence-electron chi connectivity index (χ0n) is 16.0. The van der Waals surface area contributed by atoms with Crippen molar-refractivity contribution in [2.45, 2.75) is 52.9 Å². The molecule has 3 atom stereocenters. The predicted molar refractivity (Wildman–Crippen MR) is 97.6 cm³/mol. The molecule has 5 heteroatoms. The minimum Gasteiger partial charge on any atom is -0.497 e. The number of benzene rings is 1. The van der Waals surface area contributed by atoms with E-state index in [9.17, 15) is 4.79 Å². The first kappa shape index (κ1) is 19.7. The molecule has 1 aromatic carbocycles. The topological polar surface area (TPSA) is 56.8 Å². The molecule has 0 bridgehead atoms.